The number of aliphatic hydroxyl groups excluding tert-OH is 1. The van der Waals surface area contributed by atoms with E-state index in [0.29, 0.717) is 5.69 Å². The van der Waals surface area contributed by atoms with E-state index < -0.39 is 0 Å². The standard InChI is InChI=1S/C15H20N4O/c1-12-15(11-20)16-17-19(12)14-7-5-13(6-8-14)18-9-3-2-4-10-18/h5-8,20H,2-4,9-11H2,1H3. The molecule has 5 heteroatoms. The minimum absolute atomic E-state index is 0.0717. The van der Waals surface area contributed by atoms with Crippen LogP contribution in [0.4, 0.5) is 5.69 Å². The Morgan fingerprint density at radius 1 is 1.05 bits per heavy atom. The van der Waals surface area contributed by atoms with Crippen molar-refractivity contribution in [1.82, 2.24) is 15.0 Å². The Hall–Kier alpha value is -1.88. The molecule has 1 saturated heterocycles. The van der Waals surface area contributed by atoms with E-state index in [9.17, 15) is 5.11 Å². The van der Waals surface area contributed by atoms with Gasteiger partial charge in [0.15, 0.2) is 0 Å². The van der Waals surface area contributed by atoms with Crippen LogP contribution in [0.15, 0.2) is 24.3 Å². The Morgan fingerprint density at radius 2 is 1.70 bits per heavy atom. The molecular formula is C15H20N4O. The number of piperidine rings is 1. The van der Waals surface area contributed by atoms with Gasteiger partial charge in [-0.05, 0) is 50.5 Å². The SMILES string of the molecule is Cc1c(CO)nnn1-c1ccc(N2CCCCC2)cc1. The summed E-state index contributed by atoms with van der Waals surface area (Å²) in [6, 6.07) is 8.40. The summed E-state index contributed by atoms with van der Waals surface area (Å²) in [6.07, 6.45) is 3.91. The quantitative estimate of drug-likeness (QED) is 0.929. The highest BCUT2D eigenvalue weighted by molar-refractivity contribution is 5.51. The summed E-state index contributed by atoms with van der Waals surface area (Å²) in [7, 11) is 0. The molecule has 0 bridgehead atoms. The first kappa shape index (κ1) is 13.1. The lowest BCUT2D eigenvalue weighted by Crippen LogP contribution is -2.29. The van der Waals surface area contributed by atoms with Crippen molar-refractivity contribution >= 4 is 5.69 Å². The topological polar surface area (TPSA) is 54.2 Å². The molecule has 2 aromatic rings. The van der Waals surface area contributed by atoms with Crippen LogP contribution in [-0.2, 0) is 6.61 Å². The van der Waals surface area contributed by atoms with E-state index in [1.165, 1.54) is 24.9 Å². The highest BCUT2D eigenvalue weighted by atomic mass is 16.3. The molecule has 0 radical (unpaired) electrons. The van der Waals surface area contributed by atoms with Crippen LogP contribution in [0.5, 0.6) is 0 Å². The molecule has 1 aliphatic rings. The lowest BCUT2D eigenvalue weighted by molar-refractivity contribution is 0.276. The average molecular weight is 272 g/mol. The molecule has 0 saturated carbocycles. The van der Waals surface area contributed by atoms with Gasteiger partial charge in [-0.2, -0.15) is 0 Å². The summed E-state index contributed by atoms with van der Waals surface area (Å²) >= 11 is 0. The fourth-order valence-electron chi connectivity index (χ4n) is 2.71. The predicted octanol–water partition coefficient (Wildman–Crippen LogP) is 2.06. The second kappa shape index (κ2) is 5.63. The minimum Gasteiger partial charge on any atom is -0.390 e. The third kappa shape index (κ3) is 2.41. The molecule has 0 atom stereocenters. The van der Waals surface area contributed by atoms with Gasteiger partial charge >= 0.3 is 0 Å². The number of rotatable bonds is 3. The number of nitrogens with zero attached hydrogens (tertiary/aromatic N) is 4. The largest absolute Gasteiger partial charge is 0.390 e. The molecule has 3 rings (SSSR count). The number of hydrogen-bond acceptors (Lipinski definition) is 4. The van der Waals surface area contributed by atoms with E-state index in [1.54, 1.807) is 4.68 Å². The van der Waals surface area contributed by atoms with Crippen LogP contribution in [-0.4, -0.2) is 33.2 Å². The number of anilines is 1. The van der Waals surface area contributed by atoms with Gasteiger partial charge in [0.25, 0.3) is 0 Å². The summed E-state index contributed by atoms with van der Waals surface area (Å²) in [5.41, 5.74) is 3.77. The van der Waals surface area contributed by atoms with Crippen molar-refractivity contribution in [2.24, 2.45) is 0 Å². The second-order valence-corrected chi connectivity index (χ2v) is 5.26. The van der Waals surface area contributed by atoms with Gasteiger partial charge in [0.1, 0.15) is 5.69 Å². The number of aliphatic hydroxyl groups is 1. The Balaban J connectivity index is 1.83. The Labute approximate surface area is 118 Å². The predicted molar refractivity (Wildman–Crippen MR) is 78.1 cm³/mol. The maximum Gasteiger partial charge on any atom is 0.111 e. The van der Waals surface area contributed by atoms with Gasteiger partial charge in [0.05, 0.1) is 18.0 Å². The van der Waals surface area contributed by atoms with Crippen LogP contribution in [0, 0.1) is 6.92 Å². The van der Waals surface area contributed by atoms with Crippen molar-refractivity contribution in [2.45, 2.75) is 32.8 Å². The Morgan fingerprint density at radius 3 is 2.30 bits per heavy atom. The van der Waals surface area contributed by atoms with Crippen molar-refractivity contribution in [3.63, 3.8) is 0 Å². The van der Waals surface area contributed by atoms with Gasteiger partial charge in [0.2, 0.25) is 0 Å². The Bertz CT molecular complexity index is 570. The molecule has 1 N–H and O–H groups in total. The third-order valence-corrected chi connectivity index (χ3v) is 3.96. The molecule has 0 aliphatic carbocycles. The van der Waals surface area contributed by atoms with E-state index in [-0.39, 0.29) is 6.61 Å². The van der Waals surface area contributed by atoms with Crippen molar-refractivity contribution in [3.05, 3.63) is 35.7 Å². The highest BCUT2D eigenvalue weighted by Crippen LogP contribution is 2.22. The number of hydrogen-bond donors (Lipinski definition) is 1. The van der Waals surface area contributed by atoms with Crippen LogP contribution in [0.3, 0.4) is 0 Å². The van der Waals surface area contributed by atoms with Gasteiger partial charge in [0, 0.05) is 18.8 Å². The third-order valence-electron chi connectivity index (χ3n) is 3.96. The molecule has 5 nitrogen and oxygen atoms in total. The lowest BCUT2D eigenvalue weighted by Gasteiger charge is -2.28. The van der Waals surface area contributed by atoms with Crippen LogP contribution < -0.4 is 4.90 Å². The van der Waals surface area contributed by atoms with Crippen molar-refractivity contribution in [3.8, 4) is 5.69 Å². The highest BCUT2D eigenvalue weighted by Gasteiger charge is 2.12. The van der Waals surface area contributed by atoms with E-state index in [2.05, 4.69) is 39.5 Å². The first-order valence-electron chi connectivity index (χ1n) is 7.17. The zero-order chi connectivity index (χ0) is 13.9. The molecule has 1 aromatic carbocycles. The molecule has 1 aromatic heterocycles. The first-order valence-corrected chi connectivity index (χ1v) is 7.17. The average Bonchev–Trinajstić information content (AvgIpc) is 2.89. The Kier molecular flexibility index (Phi) is 3.69. The molecule has 0 spiro atoms. The van der Waals surface area contributed by atoms with Gasteiger partial charge in [-0.25, -0.2) is 4.68 Å². The van der Waals surface area contributed by atoms with Crippen molar-refractivity contribution in [1.29, 1.82) is 0 Å². The number of aromatic nitrogens is 3. The number of benzene rings is 1. The van der Waals surface area contributed by atoms with Gasteiger partial charge in [-0.15, -0.1) is 5.10 Å². The van der Waals surface area contributed by atoms with Crippen molar-refractivity contribution < 1.29 is 5.11 Å². The molecular weight excluding hydrogens is 252 g/mol. The van der Waals surface area contributed by atoms with E-state index in [0.717, 1.165) is 24.5 Å². The zero-order valence-corrected chi connectivity index (χ0v) is 11.8. The monoisotopic (exact) mass is 272 g/mol. The van der Waals surface area contributed by atoms with Gasteiger partial charge < -0.3 is 10.0 Å². The summed E-state index contributed by atoms with van der Waals surface area (Å²) < 4.78 is 1.77. The molecule has 1 aliphatic heterocycles. The normalized spacial score (nSPS) is 15.6. The van der Waals surface area contributed by atoms with Crippen LogP contribution in [0.1, 0.15) is 30.7 Å². The van der Waals surface area contributed by atoms with E-state index in [1.807, 2.05) is 6.92 Å². The fourth-order valence-corrected chi connectivity index (χ4v) is 2.71. The summed E-state index contributed by atoms with van der Waals surface area (Å²) in [6.45, 7) is 4.15. The van der Waals surface area contributed by atoms with Crippen LogP contribution in [0.2, 0.25) is 0 Å². The van der Waals surface area contributed by atoms with Gasteiger partial charge in [-0.3, -0.25) is 0 Å². The molecule has 1 fully saturated rings. The van der Waals surface area contributed by atoms with E-state index in [4.69, 9.17) is 0 Å². The summed E-state index contributed by atoms with van der Waals surface area (Å²) in [5.74, 6) is 0. The van der Waals surface area contributed by atoms with E-state index >= 15 is 0 Å². The molecule has 2 heterocycles. The van der Waals surface area contributed by atoms with Gasteiger partial charge in [-0.1, -0.05) is 5.21 Å². The van der Waals surface area contributed by atoms with Crippen molar-refractivity contribution in [2.75, 3.05) is 18.0 Å². The summed E-state index contributed by atoms with van der Waals surface area (Å²) in [5, 5.41) is 17.2. The molecule has 0 amide bonds. The molecule has 20 heavy (non-hydrogen) atoms. The second-order valence-electron chi connectivity index (χ2n) is 5.26. The maximum absolute atomic E-state index is 9.17. The molecule has 0 unspecified atom stereocenters. The summed E-state index contributed by atoms with van der Waals surface area (Å²) in [4.78, 5) is 2.43. The van der Waals surface area contributed by atoms with Crippen LogP contribution in [0.25, 0.3) is 5.69 Å². The first-order chi connectivity index (χ1) is 9.79. The fraction of sp³-hybridized carbons (Fsp3) is 0.467. The molecule has 106 valence electrons. The minimum atomic E-state index is -0.0717. The smallest absolute Gasteiger partial charge is 0.111 e. The zero-order valence-electron chi connectivity index (χ0n) is 11.8. The maximum atomic E-state index is 9.17. The lowest BCUT2D eigenvalue weighted by atomic mass is 10.1. The van der Waals surface area contributed by atoms with Crippen LogP contribution >= 0.6 is 0 Å².